The lowest BCUT2D eigenvalue weighted by Crippen LogP contribution is -2.23. The van der Waals surface area contributed by atoms with E-state index in [9.17, 15) is 14.7 Å². The number of aliphatic carboxylic acids is 1. The molecule has 0 heterocycles. The van der Waals surface area contributed by atoms with E-state index in [-0.39, 0.29) is 5.78 Å². The van der Waals surface area contributed by atoms with Crippen molar-refractivity contribution < 1.29 is 19.8 Å². The van der Waals surface area contributed by atoms with E-state index < -0.39 is 12.1 Å². The molecule has 5 heteroatoms. The number of Topliss-reactive ketones (excluding diaryl/α,β-unsaturated/α-hetero) is 1. The fourth-order valence-corrected chi connectivity index (χ4v) is 3.36. The molecule has 0 bridgehead atoms. The molecule has 0 saturated heterocycles. The van der Waals surface area contributed by atoms with E-state index >= 15 is 0 Å². The van der Waals surface area contributed by atoms with Crippen molar-refractivity contribution in [1.29, 1.82) is 0 Å². The third-order valence-corrected chi connectivity index (χ3v) is 5.13. The first-order valence-corrected chi connectivity index (χ1v) is 11.2. The minimum absolute atomic E-state index is 0.0549. The standard InChI is InChI=1S/C22H43NO4/c23-19-18-21(25)20(24)16-14-12-10-8-6-4-2-1-3-5-7-9-11-13-15-17-22(26)27/h21,25H,1-19,23H2,(H,26,27). The fourth-order valence-electron chi connectivity index (χ4n) is 3.36. The SMILES string of the molecule is NCCC(O)C(=O)CCCCCCCCCCCCCCCCCC(=O)O. The molecule has 5 nitrogen and oxygen atoms in total. The number of hydrogen-bond donors (Lipinski definition) is 3. The van der Waals surface area contributed by atoms with Gasteiger partial charge in [0.05, 0.1) is 0 Å². The van der Waals surface area contributed by atoms with Crippen molar-refractivity contribution in [2.45, 2.75) is 122 Å². The van der Waals surface area contributed by atoms with Gasteiger partial charge in [-0.05, 0) is 25.8 Å². The van der Waals surface area contributed by atoms with Gasteiger partial charge in [-0.25, -0.2) is 0 Å². The number of ketones is 1. The highest BCUT2D eigenvalue weighted by Crippen LogP contribution is 2.14. The van der Waals surface area contributed by atoms with Gasteiger partial charge in [0, 0.05) is 12.8 Å². The van der Waals surface area contributed by atoms with Crippen LogP contribution in [0.2, 0.25) is 0 Å². The quantitative estimate of drug-likeness (QED) is 0.242. The Morgan fingerprint density at radius 1 is 0.630 bits per heavy atom. The number of aliphatic hydroxyl groups excluding tert-OH is 1. The molecular formula is C22H43NO4. The lowest BCUT2D eigenvalue weighted by atomic mass is 10.0. The van der Waals surface area contributed by atoms with Crippen LogP contribution < -0.4 is 5.73 Å². The van der Waals surface area contributed by atoms with Crippen LogP contribution in [0.15, 0.2) is 0 Å². The predicted octanol–water partition coefficient (Wildman–Crippen LogP) is 4.98. The summed E-state index contributed by atoms with van der Waals surface area (Å²) in [4.78, 5) is 22.0. The Morgan fingerprint density at radius 2 is 0.963 bits per heavy atom. The summed E-state index contributed by atoms with van der Waals surface area (Å²) >= 11 is 0. The summed E-state index contributed by atoms with van der Waals surface area (Å²) in [7, 11) is 0. The second-order valence-corrected chi connectivity index (χ2v) is 7.76. The van der Waals surface area contributed by atoms with Crippen LogP contribution in [-0.2, 0) is 9.59 Å². The van der Waals surface area contributed by atoms with Crippen molar-refractivity contribution >= 4 is 11.8 Å². The number of aliphatic hydroxyl groups is 1. The molecule has 0 aromatic rings. The molecule has 0 aliphatic carbocycles. The van der Waals surface area contributed by atoms with E-state index in [1.165, 1.54) is 70.6 Å². The number of rotatable bonds is 21. The molecule has 0 fully saturated rings. The molecule has 0 spiro atoms. The maximum atomic E-state index is 11.6. The Kier molecular flexibility index (Phi) is 19.1. The smallest absolute Gasteiger partial charge is 0.303 e. The van der Waals surface area contributed by atoms with Crippen molar-refractivity contribution in [3.8, 4) is 0 Å². The minimum atomic E-state index is -0.855. The normalized spacial score (nSPS) is 12.2. The Hall–Kier alpha value is -0.940. The summed E-state index contributed by atoms with van der Waals surface area (Å²) < 4.78 is 0. The van der Waals surface area contributed by atoms with Crippen molar-refractivity contribution in [3.63, 3.8) is 0 Å². The van der Waals surface area contributed by atoms with Gasteiger partial charge in [0.25, 0.3) is 0 Å². The molecule has 27 heavy (non-hydrogen) atoms. The van der Waals surface area contributed by atoms with E-state index in [1.807, 2.05) is 0 Å². The van der Waals surface area contributed by atoms with Crippen LogP contribution in [0.5, 0.6) is 0 Å². The van der Waals surface area contributed by atoms with Crippen LogP contribution in [0.25, 0.3) is 0 Å². The molecule has 0 radical (unpaired) electrons. The maximum Gasteiger partial charge on any atom is 0.303 e. The minimum Gasteiger partial charge on any atom is -0.481 e. The van der Waals surface area contributed by atoms with Crippen LogP contribution in [0.1, 0.15) is 116 Å². The molecule has 0 amide bonds. The fraction of sp³-hybridized carbons (Fsp3) is 0.909. The summed E-state index contributed by atoms with van der Waals surface area (Å²) in [5, 5.41) is 18.1. The Morgan fingerprint density at radius 3 is 1.30 bits per heavy atom. The maximum absolute atomic E-state index is 11.6. The van der Waals surface area contributed by atoms with Gasteiger partial charge in [-0.1, -0.05) is 83.5 Å². The molecule has 1 unspecified atom stereocenters. The van der Waals surface area contributed by atoms with Crippen molar-refractivity contribution in [1.82, 2.24) is 0 Å². The van der Waals surface area contributed by atoms with E-state index in [4.69, 9.17) is 10.8 Å². The summed E-state index contributed by atoms with van der Waals surface area (Å²) in [5.41, 5.74) is 5.34. The zero-order valence-electron chi connectivity index (χ0n) is 17.3. The van der Waals surface area contributed by atoms with Crippen molar-refractivity contribution in [2.75, 3.05) is 6.54 Å². The first kappa shape index (κ1) is 26.1. The van der Waals surface area contributed by atoms with Crippen LogP contribution in [0.3, 0.4) is 0 Å². The summed E-state index contributed by atoms with van der Waals surface area (Å²) in [6, 6.07) is 0. The Bertz CT molecular complexity index is 360. The average molecular weight is 386 g/mol. The van der Waals surface area contributed by atoms with Gasteiger partial charge in [0.1, 0.15) is 6.10 Å². The second-order valence-electron chi connectivity index (χ2n) is 7.76. The molecule has 0 rings (SSSR count). The zero-order valence-corrected chi connectivity index (χ0v) is 17.3. The largest absolute Gasteiger partial charge is 0.481 e. The third kappa shape index (κ3) is 19.6. The number of carbonyl (C=O) groups is 2. The lowest BCUT2D eigenvalue weighted by molar-refractivity contribution is -0.137. The number of unbranched alkanes of at least 4 members (excludes halogenated alkanes) is 14. The lowest BCUT2D eigenvalue weighted by Gasteiger charge is -2.07. The monoisotopic (exact) mass is 385 g/mol. The number of carboxylic acids is 1. The molecular weight excluding hydrogens is 342 g/mol. The summed E-state index contributed by atoms with van der Waals surface area (Å²) in [6.07, 6.45) is 18.2. The highest BCUT2D eigenvalue weighted by atomic mass is 16.4. The zero-order chi connectivity index (χ0) is 20.2. The molecule has 0 aliphatic rings. The molecule has 0 saturated carbocycles. The van der Waals surface area contributed by atoms with Crippen LogP contribution in [0, 0.1) is 0 Å². The number of hydrogen-bond acceptors (Lipinski definition) is 4. The molecule has 4 N–H and O–H groups in total. The van der Waals surface area contributed by atoms with E-state index in [0.717, 1.165) is 25.7 Å². The van der Waals surface area contributed by atoms with Gasteiger partial charge in [-0.3, -0.25) is 9.59 Å². The second kappa shape index (κ2) is 19.8. The van der Waals surface area contributed by atoms with Crippen molar-refractivity contribution in [2.24, 2.45) is 5.73 Å². The van der Waals surface area contributed by atoms with Gasteiger partial charge in [-0.2, -0.15) is 0 Å². The van der Waals surface area contributed by atoms with Gasteiger partial charge >= 0.3 is 5.97 Å². The first-order valence-electron chi connectivity index (χ1n) is 11.2. The molecule has 0 aromatic carbocycles. The first-order chi connectivity index (χ1) is 13.1. The predicted molar refractivity (Wildman–Crippen MR) is 111 cm³/mol. The number of carbonyl (C=O) groups excluding carboxylic acids is 1. The van der Waals surface area contributed by atoms with Gasteiger partial charge < -0.3 is 15.9 Å². The molecule has 160 valence electrons. The topological polar surface area (TPSA) is 101 Å². The van der Waals surface area contributed by atoms with Crippen LogP contribution in [-0.4, -0.2) is 34.6 Å². The molecule has 0 aliphatic heterocycles. The van der Waals surface area contributed by atoms with Crippen LogP contribution >= 0.6 is 0 Å². The third-order valence-electron chi connectivity index (χ3n) is 5.13. The van der Waals surface area contributed by atoms with Crippen LogP contribution in [0.4, 0.5) is 0 Å². The summed E-state index contributed by atoms with van der Waals surface area (Å²) in [5.74, 6) is -0.732. The van der Waals surface area contributed by atoms with Gasteiger partial charge in [0.15, 0.2) is 5.78 Å². The van der Waals surface area contributed by atoms with E-state index in [1.54, 1.807) is 0 Å². The number of nitrogens with two attached hydrogens (primary N) is 1. The Balaban J connectivity index is 3.15. The average Bonchev–Trinajstić information content (AvgIpc) is 2.64. The highest BCUT2D eigenvalue weighted by Gasteiger charge is 2.12. The van der Waals surface area contributed by atoms with E-state index in [0.29, 0.717) is 25.8 Å². The van der Waals surface area contributed by atoms with Gasteiger partial charge in [0.2, 0.25) is 0 Å². The van der Waals surface area contributed by atoms with E-state index in [2.05, 4.69) is 0 Å². The molecule has 0 aromatic heterocycles. The highest BCUT2D eigenvalue weighted by molar-refractivity contribution is 5.82. The number of carboxylic acid groups (broad SMARTS) is 1. The summed E-state index contributed by atoms with van der Waals surface area (Å²) in [6.45, 7) is 0.363. The van der Waals surface area contributed by atoms with Gasteiger partial charge in [-0.15, -0.1) is 0 Å². The molecule has 1 atom stereocenters. The van der Waals surface area contributed by atoms with Crippen molar-refractivity contribution in [3.05, 3.63) is 0 Å². The Labute approximate surface area is 166 Å².